The Balaban J connectivity index is 1.92. The fraction of sp³-hybridized carbons (Fsp3) is 0.368. The van der Waals surface area contributed by atoms with E-state index in [-0.39, 0.29) is 6.10 Å². The predicted octanol–water partition coefficient (Wildman–Crippen LogP) is 3.80. The average Bonchev–Trinajstić information content (AvgIpc) is 2.85. The maximum absolute atomic E-state index is 13.0. The maximum atomic E-state index is 13.0. The van der Waals surface area contributed by atoms with Crippen molar-refractivity contribution in [1.82, 2.24) is 4.31 Å². The molecule has 1 heterocycles. The lowest BCUT2D eigenvalue weighted by molar-refractivity contribution is -0.0508. The van der Waals surface area contributed by atoms with Crippen molar-refractivity contribution in [2.45, 2.75) is 44.4 Å². The fourth-order valence-corrected chi connectivity index (χ4v) is 4.68. The molecule has 0 spiro atoms. The van der Waals surface area contributed by atoms with Crippen LogP contribution in [0.1, 0.15) is 36.6 Å². The van der Waals surface area contributed by atoms with Crippen LogP contribution in [0.15, 0.2) is 53.4 Å². The molecule has 0 unspecified atom stereocenters. The van der Waals surface area contributed by atoms with Gasteiger partial charge in [-0.2, -0.15) is 4.31 Å². The summed E-state index contributed by atoms with van der Waals surface area (Å²) in [6.45, 7) is 7.87. The van der Waals surface area contributed by atoms with Gasteiger partial charge in [0.25, 0.3) is 0 Å². The molecule has 0 N–H and O–H groups in total. The standard InChI is InChI=1S/C19H23NO3S/c1-14-5-9-16(10-6-14)18-13-20(19(3,4)23-18)24(21,22)17-11-7-15(2)8-12-17/h5-12,18H,13H2,1-4H3/t18-/m1/s1. The van der Waals surface area contributed by atoms with E-state index in [9.17, 15) is 8.42 Å². The average molecular weight is 345 g/mol. The van der Waals surface area contributed by atoms with Crippen LogP contribution in [-0.4, -0.2) is 25.0 Å². The quantitative estimate of drug-likeness (QED) is 0.850. The molecule has 1 atom stereocenters. The third-order valence-corrected chi connectivity index (χ3v) is 6.46. The zero-order valence-corrected chi connectivity index (χ0v) is 15.3. The molecule has 0 aliphatic carbocycles. The molecule has 24 heavy (non-hydrogen) atoms. The summed E-state index contributed by atoms with van der Waals surface area (Å²) in [6, 6.07) is 15.0. The molecule has 5 heteroatoms. The highest BCUT2D eigenvalue weighted by Crippen LogP contribution is 2.39. The summed E-state index contributed by atoms with van der Waals surface area (Å²) in [7, 11) is -3.60. The van der Waals surface area contributed by atoms with Crippen LogP contribution in [0.3, 0.4) is 0 Å². The van der Waals surface area contributed by atoms with Crippen LogP contribution < -0.4 is 0 Å². The molecule has 2 aromatic rings. The second kappa shape index (κ2) is 5.99. The number of ether oxygens (including phenoxy) is 1. The summed E-state index contributed by atoms with van der Waals surface area (Å²) in [5.74, 6) is 0. The molecule has 0 amide bonds. The minimum Gasteiger partial charge on any atom is -0.351 e. The van der Waals surface area contributed by atoms with Crippen LogP contribution in [-0.2, 0) is 14.8 Å². The second-order valence-electron chi connectivity index (χ2n) is 6.81. The molecule has 1 aliphatic heterocycles. The van der Waals surface area contributed by atoms with E-state index < -0.39 is 15.7 Å². The van der Waals surface area contributed by atoms with Gasteiger partial charge in [0, 0.05) is 6.54 Å². The van der Waals surface area contributed by atoms with Gasteiger partial charge in [0.2, 0.25) is 10.0 Å². The molecule has 1 fully saturated rings. The Morgan fingerprint density at radius 3 is 2.00 bits per heavy atom. The van der Waals surface area contributed by atoms with Crippen LogP contribution in [0.2, 0.25) is 0 Å². The van der Waals surface area contributed by atoms with Gasteiger partial charge < -0.3 is 4.74 Å². The van der Waals surface area contributed by atoms with E-state index in [1.54, 1.807) is 26.0 Å². The third-order valence-electron chi connectivity index (χ3n) is 4.42. The SMILES string of the molecule is Cc1ccc([C@H]2CN(S(=O)(=O)c3ccc(C)cc3)C(C)(C)O2)cc1. The maximum Gasteiger partial charge on any atom is 0.245 e. The summed E-state index contributed by atoms with van der Waals surface area (Å²) < 4.78 is 33.6. The van der Waals surface area contributed by atoms with Crippen molar-refractivity contribution < 1.29 is 13.2 Å². The summed E-state index contributed by atoms with van der Waals surface area (Å²) in [5, 5.41) is 0. The van der Waals surface area contributed by atoms with Crippen LogP contribution in [0.5, 0.6) is 0 Å². The lowest BCUT2D eigenvalue weighted by Gasteiger charge is -2.28. The summed E-state index contributed by atoms with van der Waals surface area (Å²) in [4.78, 5) is 0.300. The Bertz CT molecular complexity index is 824. The Morgan fingerprint density at radius 2 is 1.46 bits per heavy atom. The number of aryl methyl sites for hydroxylation is 2. The molecule has 0 radical (unpaired) electrons. The molecular weight excluding hydrogens is 322 g/mol. The van der Waals surface area contributed by atoms with Crippen molar-refractivity contribution in [1.29, 1.82) is 0 Å². The van der Waals surface area contributed by atoms with E-state index in [1.165, 1.54) is 9.87 Å². The number of rotatable bonds is 3. The minimum atomic E-state index is -3.60. The third kappa shape index (κ3) is 3.11. The van der Waals surface area contributed by atoms with E-state index in [0.717, 1.165) is 11.1 Å². The summed E-state index contributed by atoms with van der Waals surface area (Å²) in [6.07, 6.45) is -0.263. The fourth-order valence-electron chi connectivity index (χ4n) is 2.99. The molecule has 128 valence electrons. The first kappa shape index (κ1) is 17.1. The molecule has 2 aromatic carbocycles. The number of hydrogen-bond donors (Lipinski definition) is 0. The molecule has 0 saturated carbocycles. The summed E-state index contributed by atoms with van der Waals surface area (Å²) >= 11 is 0. The number of hydrogen-bond acceptors (Lipinski definition) is 3. The van der Waals surface area contributed by atoms with Gasteiger partial charge >= 0.3 is 0 Å². The van der Waals surface area contributed by atoms with Gasteiger partial charge in [0.15, 0.2) is 0 Å². The lowest BCUT2D eigenvalue weighted by atomic mass is 10.1. The van der Waals surface area contributed by atoms with Crippen molar-refractivity contribution in [2.75, 3.05) is 6.54 Å². The number of sulfonamides is 1. The van der Waals surface area contributed by atoms with Crippen LogP contribution in [0.25, 0.3) is 0 Å². The van der Waals surface area contributed by atoms with E-state index in [0.29, 0.717) is 11.4 Å². The molecule has 0 bridgehead atoms. The zero-order valence-electron chi connectivity index (χ0n) is 14.5. The Kier molecular flexibility index (Phi) is 4.28. The monoisotopic (exact) mass is 345 g/mol. The lowest BCUT2D eigenvalue weighted by Crippen LogP contribution is -2.43. The normalized spacial score (nSPS) is 21.1. The predicted molar refractivity (Wildman–Crippen MR) is 94.2 cm³/mol. The first-order valence-electron chi connectivity index (χ1n) is 8.04. The molecule has 3 rings (SSSR count). The van der Waals surface area contributed by atoms with Crippen LogP contribution in [0, 0.1) is 13.8 Å². The zero-order chi connectivity index (χ0) is 17.5. The van der Waals surface area contributed by atoms with Crippen molar-refractivity contribution in [3.8, 4) is 0 Å². The Morgan fingerprint density at radius 1 is 0.958 bits per heavy atom. The Labute approximate surface area is 144 Å². The van der Waals surface area contributed by atoms with Crippen molar-refractivity contribution in [3.05, 3.63) is 65.2 Å². The van der Waals surface area contributed by atoms with E-state index in [2.05, 4.69) is 0 Å². The number of nitrogens with zero attached hydrogens (tertiary/aromatic N) is 1. The van der Waals surface area contributed by atoms with Crippen molar-refractivity contribution in [2.24, 2.45) is 0 Å². The van der Waals surface area contributed by atoms with Crippen LogP contribution in [0.4, 0.5) is 0 Å². The molecule has 1 aliphatic rings. The van der Waals surface area contributed by atoms with Gasteiger partial charge in [-0.15, -0.1) is 0 Å². The van der Waals surface area contributed by atoms with Crippen molar-refractivity contribution >= 4 is 10.0 Å². The van der Waals surface area contributed by atoms with E-state index in [1.807, 2.05) is 50.2 Å². The van der Waals surface area contributed by atoms with Gasteiger partial charge in [-0.05, 0) is 45.4 Å². The highest BCUT2D eigenvalue weighted by atomic mass is 32.2. The van der Waals surface area contributed by atoms with Gasteiger partial charge in [0.1, 0.15) is 5.72 Å². The second-order valence-corrected chi connectivity index (χ2v) is 8.68. The first-order chi connectivity index (χ1) is 11.2. The minimum absolute atomic E-state index is 0.263. The van der Waals surface area contributed by atoms with E-state index in [4.69, 9.17) is 4.74 Å². The molecule has 0 aromatic heterocycles. The smallest absolute Gasteiger partial charge is 0.245 e. The van der Waals surface area contributed by atoms with E-state index >= 15 is 0 Å². The highest BCUT2D eigenvalue weighted by molar-refractivity contribution is 7.89. The van der Waals surface area contributed by atoms with Gasteiger partial charge in [0.05, 0.1) is 11.0 Å². The molecule has 4 nitrogen and oxygen atoms in total. The van der Waals surface area contributed by atoms with Crippen LogP contribution >= 0.6 is 0 Å². The Hall–Kier alpha value is -1.69. The summed E-state index contributed by atoms with van der Waals surface area (Å²) in [5.41, 5.74) is 2.30. The van der Waals surface area contributed by atoms with Gasteiger partial charge in [-0.25, -0.2) is 8.42 Å². The highest BCUT2D eigenvalue weighted by Gasteiger charge is 2.47. The van der Waals surface area contributed by atoms with Gasteiger partial charge in [-0.3, -0.25) is 0 Å². The van der Waals surface area contributed by atoms with Crippen molar-refractivity contribution in [3.63, 3.8) is 0 Å². The first-order valence-corrected chi connectivity index (χ1v) is 9.48. The number of benzene rings is 2. The largest absolute Gasteiger partial charge is 0.351 e. The van der Waals surface area contributed by atoms with Gasteiger partial charge in [-0.1, -0.05) is 47.5 Å². The molecule has 1 saturated heterocycles. The molecular formula is C19H23NO3S. The topological polar surface area (TPSA) is 46.6 Å².